The topological polar surface area (TPSA) is 64.6 Å². The van der Waals surface area contributed by atoms with Gasteiger partial charge in [0.25, 0.3) is 0 Å². The molecule has 7 heteroatoms. The van der Waals surface area contributed by atoms with Crippen LogP contribution in [0.2, 0.25) is 0 Å². The van der Waals surface area contributed by atoms with Crippen molar-refractivity contribution in [2.75, 3.05) is 85.9 Å². The van der Waals surface area contributed by atoms with E-state index in [2.05, 4.69) is 0 Å². The zero-order valence-corrected chi connectivity index (χ0v) is 19.8. The standard InChI is InChI=1S/C22H46O7/c1-7-23-15-21(16-24-8-2,17-25-9-3)13-14-29-22(18-26-10-4,19-27-11-5)20-28-12-6/h7-20H2,1-6H3. The molecular weight excluding hydrogens is 376 g/mol. The molecule has 0 fully saturated rings. The molecule has 0 aliphatic rings. The van der Waals surface area contributed by atoms with E-state index in [0.29, 0.717) is 85.9 Å². The first-order valence-corrected chi connectivity index (χ1v) is 11.2. The molecule has 0 N–H and O–H groups in total. The quantitative estimate of drug-likeness (QED) is 0.265. The predicted octanol–water partition coefficient (Wildman–Crippen LogP) is 3.34. The third-order valence-corrected chi connectivity index (χ3v) is 4.59. The number of hydrogen-bond donors (Lipinski definition) is 0. The molecule has 0 aliphatic carbocycles. The second-order valence-corrected chi connectivity index (χ2v) is 7.10. The second kappa shape index (κ2) is 18.5. The minimum atomic E-state index is -0.628. The number of rotatable bonds is 22. The fraction of sp³-hybridized carbons (Fsp3) is 1.00. The highest BCUT2D eigenvalue weighted by Gasteiger charge is 2.36. The van der Waals surface area contributed by atoms with Crippen molar-refractivity contribution in [2.24, 2.45) is 5.41 Å². The molecule has 176 valence electrons. The van der Waals surface area contributed by atoms with Gasteiger partial charge in [-0.2, -0.15) is 0 Å². The van der Waals surface area contributed by atoms with E-state index in [4.69, 9.17) is 33.2 Å². The van der Waals surface area contributed by atoms with Gasteiger partial charge in [-0.3, -0.25) is 0 Å². The Morgan fingerprint density at radius 3 is 1.07 bits per heavy atom. The smallest absolute Gasteiger partial charge is 0.138 e. The van der Waals surface area contributed by atoms with Gasteiger partial charge in [-0.1, -0.05) is 0 Å². The zero-order valence-electron chi connectivity index (χ0n) is 19.8. The van der Waals surface area contributed by atoms with Gasteiger partial charge in [0, 0.05) is 51.7 Å². The third-order valence-electron chi connectivity index (χ3n) is 4.59. The summed E-state index contributed by atoms with van der Waals surface area (Å²) < 4.78 is 40.9. The van der Waals surface area contributed by atoms with Gasteiger partial charge in [0.05, 0.1) is 39.6 Å². The van der Waals surface area contributed by atoms with Crippen LogP contribution in [0.3, 0.4) is 0 Å². The van der Waals surface area contributed by atoms with Gasteiger partial charge >= 0.3 is 0 Å². The summed E-state index contributed by atoms with van der Waals surface area (Å²) in [5.74, 6) is 0. The highest BCUT2D eigenvalue weighted by molar-refractivity contribution is 4.84. The third kappa shape index (κ3) is 12.9. The Bertz CT molecular complexity index is 277. The molecule has 0 heterocycles. The average molecular weight is 423 g/mol. The lowest BCUT2D eigenvalue weighted by molar-refractivity contribution is -0.173. The van der Waals surface area contributed by atoms with Crippen molar-refractivity contribution in [1.82, 2.24) is 0 Å². The molecule has 0 aromatic heterocycles. The van der Waals surface area contributed by atoms with Crippen molar-refractivity contribution in [3.63, 3.8) is 0 Å². The Hall–Kier alpha value is -0.280. The molecule has 0 saturated carbocycles. The van der Waals surface area contributed by atoms with Crippen LogP contribution in [0.5, 0.6) is 0 Å². The molecule has 0 atom stereocenters. The van der Waals surface area contributed by atoms with Gasteiger partial charge in [0.15, 0.2) is 0 Å². The van der Waals surface area contributed by atoms with Crippen molar-refractivity contribution >= 4 is 0 Å². The van der Waals surface area contributed by atoms with Gasteiger partial charge in [0.2, 0.25) is 0 Å². The van der Waals surface area contributed by atoms with Crippen LogP contribution in [0.25, 0.3) is 0 Å². The lowest BCUT2D eigenvalue weighted by Gasteiger charge is -2.36. The van der Waals surface area contributed by atoms with Crippen LogP contribution in [0.15, 0.2) is 0 Å². The van der Waals surface area contributed by atoms with Crippen LogP contribution in [0, 0.1) is 5.41 Å². The Kier molecular flexibility index (Phi) is 18.3. The van der Waals surface area contributed by atoms with E-state index in [1.54, 1.807) is 0 Å². The van der Waals surface area contributed by atoms with Gasteiger partial charge < -0.3 is 33.2 Å². The summed E-state index contributed by atoms with van der Waals surface area (Å²) in [5, 5.41) is 0. The fourth-order valence-corrected chi connectivity index (χ4v) is 2.90. The number of hydrogen-bond acceptors (Lipinski definition) is 7. The van der Waals surface area contributed by atoms with Crippen LogP contribution in [0.4, 0.5) is 0 Å². The van der Waals surface area contributed by atoms with E-state index in [0.717, 1.165) is 6.42 Å². The second-order valence-electron chi connectivity index (χ2n) is 7.10. The van der Waals surface area contributed by atoms with E-state index >= 15 is 0 Å². The molecule has 0 radical (unpaired) electrons. The molecule has 0 aromatic rings. The predicted molar refractivity (Wildman–Crippen MR) is 115 cm³/mol. The molecular formula is C22H46O7. The summed E-state index contributed by atoms with van der Waals surface area (Å²) in [6, 6.07) is 0. The van der Waals surface area contributed by atoms with Gasteiger partial charge in [0.1, 0.15) is 5.60 Å². The van der Waals surface area contributed by atoms with Crippen LogP contribution in [0.1, 0.15) is 48.0 Å². The van der Waals surface area contributed by atoms with Gasteiger partial charge in [-0.05, 0) is 48.0 Å². The lowest BCUT2D eigenvalue weighted by atomic mass is 9.87. The van der Waals surface area contributed by atoms with E-state index in [9.17, 15) is 0 Å². The van der Waals surface area contributed by atoms with Crippen molar-refractivity contribution in [1.29, 1.82) is 0 Å². The first kappa shape index (κ1) is 28.7. The molecule has 0 spiro atoms. The Morgan fingerprint density at radius 2 is 0.759 bits per heavy atom. The first-order valence-electron chi connectivity index (χ1n) is 11.2. The van der Waals surface area contributed by atoms with Crippen LogP contribution in [-0.4, -0.2) is 91.5 Å². The Labute approximate surface area is 178 Å². The van der Waals surface area contributed by atoms with Crippen molar-refractivity contribution in [3.05, 3.63) is 0 Å². The van der Waals surface area contributed by atoms with E-state index < -0.39 is 5.60 Å². The maximum Gasteiger partial charge on any atom is 0.138 e. The summed E-state index contributed by atoms with van der Waals surface area (Å²) in [7, 11) is 0. The lowest BCUT2D eigenvalue weighted by Crippen LogP contribution is -2.48. The number of ether oxygens (including phenoxy) is 7. The van der Waals surface area contributed by atoms with Crippen molar-refractivity contribution < 1.29 is 33.2 Å². The SMILES string of the molecule is CCOCC(CCOC(COCC)(COCC)COCC)(COCC)COCC. The van der Waals surface area contributed by atoms with Gasteiger partial charge in [-0.15, -0.1) is 0 Å². The van der Waals surface area contributed by atoms with Crippen LogP contribution >= 0.6 is 0 Å². The molecule has 0 bridgehead atoms. The van der Waals surface area contributed by atoms with Crippen LogP contribution < -0.4 is 0 Å². The Balaban J connectivity index is 5.21. The molecule has 0 aromatic carbocycles. The molecule has 7 nitrogen and oxygen atoms in total. The summed E-state index contributed by atoms with van der Waals surface area (Å²) >= 11 is 0. The van der Waals surface area contributed by atoms with E-state index in [-0.39, 0.29) is 5.41 Å². The van der Waals surface area contributed by atoms with E-state index in [1.807, 2.05) is 41.5 Å². The van der Waals surface area contributed by atoms with Gasteiger partial charge in [-0.25, -0.2) is 0 Å². The summed E-state index contributed by atoms with van der Waals surface area (Å²) in [4.78, 5) is 0. The molecule has 0 saturated heterocycles. The Morgan fingerprint density at radius 1 is 0.448 bits per heavy atom. The van der Waals surface area contributed by atoms with Crippen molar-refractivity contribution in [2.45, 2.75) is 53.6 Å². The molecule has 0 rings (SSSR count). The highest BCUT2D eigenvalue weighted by atomic mass is 16.6. The minimum absolute atomic E-state index is 0.253. The first-order chi connectivity index (χ1) is 14.1. The normalized spacial score (nSPS) is 12.6. The summed E-state index contributed by atoms with van der Waals surface area (Å²) in [5.41, 5.74) is -0.882. The molecule has 0 aliphatic heterocycles. The minimum Gasteiger partial charge on any atom is -0.381 e. The fourth-order valence-electron chi connectivity index (χ4n) is 2.90. The average Bonchev–Trinajstić information content (AvgIpc) is 2.75. The maximum absolute atomic E-state index is 6.39. The summed E-state index contributed by atoms with van der Waals surface area (Å²) in [6.07, 6.45) is 0.749. The largest absolute Gasteiger partial charge is 0.381 e. The summed E-state index contributed by atoms with van der Waals surface area (Å²) in [6.45, 7) is 19.3. The monoisotopic (exact) mass is 422 g/mol. The molecule has 0 amide bonds. The molecule has 0 unspecified atom stereocenters. The maximum atomic E-state index is 6.39. The van der Waals surface area contributed by atoms with Crippen LogP contribution in [-0.2, 0) is 33.2 Å². The van der Waals surface area contributed by atoms with Crippen molar-refractivity contribution in [3.8, 4) is 0 Å². The zero-order chi connectivity index (χ0) is 21.8. The molecule has 29 heavy (non-hydrogen) atoms. The highest BCUT2D eigenvalue weighted by Crippen LogP contribution is 2.26. The van der Waals surface area contributed by atoms with E-state index in [1.165, 1.54) is 0 Å².